The molecule has 0 aliphatic heterocycles. The van der Waals surface area contributed by atoms with E-state index in [9.17, 15) is 9.59 Å². The van der Waals surface area contributed by atoms with Gasteiger partial charge in [-0.1, -0.05) is 30.3 Å². The predicted molar refractivity (Wildman–Crippen MR) is 83.4 cm³/mol. The number of hydrogen-bond donors (Lipinski definition) is 1. The minimum absolute atomic E-state index is 0.252. The molecule has 2 aromatic rings. The van der Waals surface area contributed by atoms with Crippen LogP contribution in [-0.4, -0.2) is 29.6 Å². The number of rotatable bonds is 7. The molecule has 0 saturated carbocycles. The normalized spacial score (nSPS) is 11.5. The minimum Gasteiger partial charge on any atom is -0.465 e. The molecule has 6 nitrogen and oxygen atoms in total. The van der Waals surface area contributed by atoms with Crippen LogP contribution in [0.3, 0.4) is 0 Å². The summed E-state index contributed by atoms with van der Waals surface area (Å²) in [5.74, 6) is -1.09. The molecule has 1 aromatic heterocycles. The van der Waals surface area contributed by atoms with Crippen LogP contribution in [0.1, 0.15) is 22.8 Å². The van der Waals surface area contributed by atoms with Gasteiger partial charge in [0, 0.05) is 18.8 Å². The van der Waals surface area contributed by atoms with Gasteiger partial charge in [-0.3, -0.25) is 9.78 Å². The summed E-state index contributed by atoms with van der Waals surface area (Å²) >= 11 is 0. The van der Waals surface area contributed by atoms with Crippen molar-refractivity contribution >= 4 is 11.9 Å². The number of nitrogens with zero attached hydrogens (tertiary/aromatic N) is 1. The van der Waals surface area contributed by atoms with Gasteiger partial charge in [-0.05, 0) is 24.6 Å². The monoisotopic (exact) mass is 314 g/mol. The molecule has 1 N–H and O–H groups in total. The van der Waals surface area contributed by atoms with Crippen molar-refractivity contribution in [2.75, 3.05) is 6.61 Å². The molecule has 1 aromatic carbocycles. The van der Waals surface area contributed by atoms with E-state index in [0.717, 1.165) is 5.56 Å². The Bertz CT molecular complexity index is 632. The van der Waals surface area contributed by atoms with Crippen LogP contribution < -0.4 is 5.48 Å². The molecule has 0 aliphatic carbocycles. The Balaban J connectivity index is 2.00. The maximum absolute atomic E-state index is 12.0. The largest absolute Gasteiger partial charge is 0.465 e. The standard InChI is InChI=1S/C17H18N2O4/c1-2-22-17(21)15(11-13-7-4-3-5-8-13)19-23-16(20)14-9-6-10-18-12-14/h3-10,12,15,19H,2,11H2,1H3. The highest BCUT2D eigenvalue weighted by Crippen LogP contribution is 2.06. The maximum Gasteiger partial charge on any atom is 0.358 e. The number of aromatic nitrogens is 1. The molecule has 1 unspecified atom stereocenters. The highest BCUT2D eigenvalue weighted by atomic mass is 16.7. The summed E-state index contributed by atoms with van der Waals surface area (Å²) in [6.45, 7) is 1.97. The number of carbonyl (C=O) groups excluding carboxylic acids is 2. The van der Waals surface area contributed by atoms with Gasteiger partial charge in [-0.15, -0.1) is 5.48 Å². The summed E-state index contributed by atoms with van der Waals surface area (Å²) in [6, 6.07) is 11.8. The van der Waals surface area contributed by atoms with Gasteiger partial charge in [0.2, 0.25) is 0 Å². The first-order valence-electron chi connectivity index (χ1n) is 7.28. The first kappa shape index (κ1) is 16.6. The van der Waals surface area contributed by atoms with Crippen molar-refractivity contribution in [3.63, 3.8) is 0 Å². The molecule has 0 fully saturated rings. The Morgan fingerprint density at radius 2 is 1.96 bits per heavy atom. The smallest absolute Gasteiger partial charge is 0.358 e. The molecule has 0 spiro atoms. The van der Waals surface area contributed by atoms with Gasteiger partial charge >= 0.3 is 11.9 Å². The fourth-order valence-corrected chi connectivity index (χ4v) is 1.93. The highest BCUT2D eigenvalue weighted by molar-refractivity contribution is 5.89. The van der Waals surface area contributed by atoms with Gasteiger partial charge in [0.15, 0.2) is 0 Å². The van der Waals surface area contributed by atoms with E-state index in [1.54, 1.807) is 25.3 Å². The summed E-state index contributed by atoms with van der Waals surface area (Å²) in [6.07, 6.45) is 3.29. The second-order valence-electron chi connectivity index (χ2n) is 4.74. The SMILES string of the molecule is CCOC(=O)C(Cc1ccccc1)NOC(=O)c1cccnc1. The Morgan fingerprint density at radius 3 is 2.61 bits per heavy atom. The third-order valence-electron chi connectivity index (χ3n) is 3.04. The molecular formula is C17H18N2O4. The van der Waals surface area contributed by atoms with Gasteiger partial charge in [-0.2, -0.15) is 0 Å². The molecule has 23 heavy (non-hydrogen) atoms. The van der Waals surface area contributed by atoms with Crippen LogP contribution in [0.4, 0.5) is 0 Å². The zero-order valence-electron chi connectivity index (χ0n) is 12.8. The molecule has 1 atom stereocenters. The van der Waals surface area contributed by atoms with Crippen LogP contribution in [0.25, 0.3) is 0 Å². The van der Waals surface area contributed by atoms with E-state index in [1.807, 2.05) is 30.3 Å². The van der Waals surface area contributed by atoms with Crippen molar-refractivity contribution in [2.45, 2.75) is 19.4 Å². The summed E-state index contributed by atoms with van der Waals surface area (Å²) in [5.41, 5.74) is 3.72. The van der Waals surface area contributed by atoms with E-state index in [2.05, 4.69) is 10.5 Å². The first-order valence-corrected chi connectivity index (χ1v) is 7.28. The molecule has 2 rings (SSSR count). The van der Waals surface area contributed by atoms with E-state index in [1.165, 1.54) is 6.20 Å². The van der Waals surface area contributed by atoms with Crippen LogP contribution in [-0.2, 0) is 20.8 Å². The molecule has 120 valence electrons. The lowest BCUT2D eigenvalue weighted by molar-refractivity contribution is -0.148. The average Bonchev–Trinajstić information content (AvgIpc) is 2.60. The summed E-state index contributed by atoms with van der Waals surface area (Å²) in [5, 5.41) is 0. The number of hydrogen-bond acceptors (Lipinski definition) is 6. The predicted octanol–water partition coefficient (Wildman–Crippen LogP) is 1.92. The van der Waals surface area contributed by atoms with Crippen molar-refractivity contribution in [1.82, 2.24) is 10.5 Å². The van der Waals surface area contributed by atoms with Crippen molar-refractivity contribution in [3.8, 4) is 0 Å². The van der Waals surface area contributed by atoms with Crippen molar-refractivity contribution in [1.29, 1.82) is 0 Å². The Morgan fingerprint density at radius 1 is 1.17 bits per heavy atom. The fraction of sp³-hybridized carbons (Fsp3) is 0.235. The first-order chi connectivity index (χ1) is 11.2. The summed E-state index contributed by atoms with van der Waals surface area (Å²) in [4.78, 5) is 32.8. The third-order valence-corrected chi connectivity index (χ3v) is 3.04. The molecule has 0 aliphatic rings. The highest BCUT2D eigenvalue weighted by Gasteiger charge is 2.22. The van der Waals surface area contributed by atoms with Gasteiger partial charge in [-0.25, -0.2) is 4.79 Å². The van der Waals surface area contributed by atoms with Crippen molar-refractivity contribution < 1.29 is 19.2 Å². The van der Waals surface area contributed by atoms with E-state index in [4.69, 9.17) is 9.57 Å². The third kappa shape index (κ3) is 5.19. The summed E-state index contributed by atoms with van der Waals surface area (Å²) in [7, 11) is 0. The van der Waals surface area contributed by atoms with Gasteiger partial charge in [0.25, 0.3) is 0 Å². The molecule has 0 bridgehead atoms. The lowest BCUT2D eigenvalue weighted by Gasteiger charge is -2.16. The van der Waals surface area contributed by atoms with Crippen LogP contribution >= 0.6 is 0 Å². The van der Waals surface area contributed by atoms with E-state index >= 15 is 0 Å². The van der Waals surface area contributed by atoms with Crippen molar-refractivity contribution in [2.24, 2.45) is 0 Å². The van der Waals surface area contributed by atoms with Gasteiger partial charge in [0.05, 0.1) is 12.2 Å². The Hall–Kier alpha value is -2.73. The fourth-order valence-electron chi connectivity index (χ4n) is 1.93. The van der Waals surface area contributed by atoms with Crippen LogP contribution in [0.2, 0.25) is 0 Å². The van der Waals surface area contributed by atoms with Crippen LogP contribution in [0, 0.1) is 0 Å². The van der Waals surface area contributed by atoms with E-state index in [0.29, 0.717) is 12.0 Å². The average molecular weight is 314 g/mol. The number of carbonyl (C=O) groups is 2. The number of esters is 1. The quantitative estimate of drug-likeness (QED) is 0.621. The Kier molecular flexibility index (Phi) is 6.26. The molecule has 1 heterocycles. The molecular weight excluding hydrogens is 296 g/mol. The van der Waals surface area contributed by atoms with E-state index < -0.39 is 18.0 Å². The molecule has 0 saturated heterocycles. The molecule has 6 heteroatoms. The van der Waals surface area contributed by atoms with Crippen molar-refractivity contribution in [3.05, 3.63) is 66.0 Å². The topological polar surface area (TPSA) is 77.5 Å². The zero-order chi connectivity index (χ0) is 16.5. The number of ether oxygens (including phenoxy) is 1. The lowest BCUT2D eigenvalue weighted by atomic mass is 10.1. The number of hydroxylamine groups is 1. The zero-order valence-corrected chi connectivity index (χ0v) is 12.8. The van der Waals surface area contributed by atoms with E-state index in [-0.39, 0.29) is 6.61 Å². The number of nitrogens with one attached hydrogen (secondary N) is 1. The van der Waals surface area contributed by atoms with Crippen LogP contribution in [0.15, 0.2) is 54.9 Å². The molecule has 0 amide bonds. The second-order valence-corrected chi connectivity index (χ2v) is 4.74. The van der Waals surface area contributed by atoms with Crippen LogP contribution in [0.5, 0.6) is 0 Å². The Labute approximate surface area is 134 Å². The minimum atomic E-state index is -0.780. The number of benzene rings is 1. The van der Waals surface area contributed by atoms with Gasteiger partial charge < -0.3 is 9.57 Å². The number of pyridine rings is 1. The maximum atomic E-state index is 12.0. The lowest BCUT2D eigenvalue weighted by Crippen LogP contribution is -2.41. The second kappa shape index (κ2) is 8.65. The van der Waals surface area contributed by atoms with Gasteiger partial charge in [0.1, 0.15) is 6.04 Å². The molecule has 0 radical (unpaired) electrons. The summed E-state index contributed by atoms with van der Waals surface area (Å²) < 4.78 is 5.01.